The highest BCUT2D eigenvalue weighted by atomic mass is 127. The lowest BCUT2D eigenvalue weighted by molar-refractivity contribution is 0.394. The van der Waals surface area contributed by atoms with E-state index in [1.54, 1.807) is 20.3 Å². The smallest absolute Gasteiger partial charge is 0.264 e. The number of aromatic amines is 1. The normalized spacial score (nSPS) is 10.5. The summed E-state index contributed by atoms with van der Waals surface area (Å²) in [7, 11) is 3.18. The standard InChI is InChI=1S/C15H17IN2O3/c1-4-5-12-13(16)15(19)18-14(17-12)9-6-10(20-2)8-11(7-9)21-3/h6-8H,4-5H2,1-3H3,(H,17,18,19). The molecular formula is C15H17IN2O3. The first kappa shape index (κ1) is 15.8. The Morgan fingerprint density at radius 2 is 1.81 bits per heavy atom. The molecule has 5 nitrogen and oxygen atoms in total. The molecule has 0 amide bonds. The Balaban J connectivity index is 2.58. The average molecular weight is 400 g/mol. The summed E-state index contributed by atoms with van der Waals surface area (Å²) in [5.74, 6) is 1.84. The van der Waals surface area contributed by atoms with Gasteiger partial charge in [-0.25, -0.2) is 4.98 Å². The Bertz CT molecular complexity index is 676. The summed E-state index contributed by atoms with van der Waals surface area (Å²) in [6.07, 6.45) is 1.71. The topological polar surface area (TPSA) is 64.2 Å². The van der Waals surface area contributed by atoms with Gasteiger partial charge in [-0.1, -0.05) is 13.3 Å². The summed E-state index contributed by atoms with van der Waals surface area (Å²) in [5, 5.41) is 0. The van der Waals surface area contributed by atoms with Gasteiger partial charge >= 0.3 is 0 Å². The Morgan fingerprint density at radius 1 is 1.19 bits per heavy atom. The highest BCUT2D eigenvalue weighted by molar-refractivity contribution is 14.1. The lowest BCUT2D eigenvalue weighted by Crippen LogP contribution is -2.16. The van der Waals surface area contributed by atoms with Crippen molar-refractivity contribution in [3.05, 3.63) is 37.8 Å². The van der Waals surface area contributed by atoms with Crippen LogP contribution in [0, 0.1) is 3.57 Å². The zero-order valence-electron chi connectivity index (χ0n) is 12.2. The number of benzene rings is 1. The number of ether oxygens (including phenoxy) is 2. The molecule has 0 atom stereocenters. The maximum atomic E-state index is 12.1. The second kappa shape index (κ2) is 6.93. The minimum absolute atomic E-state index is 0.120. The van der Waals surface area contributed by atoms with Crippen LogP contribution < -0.4 is 15.0 Å². The van der Waals surface area contributed by atoms with E-state index in [-0.39, 0.29) is 5.56 Å². The summed E-state index contributed by atoms with van der Waals surface area (Å²) in [6, 6.07) is 5.42. The van der Waals surface area contributed by atoms with Crippen molar-refractivity contribution in [2.75, 3.05) is 14.2 Å². The predicted octanol–water partition coefficient (Wildman–Crippen LogP) is 3.01. The van der Waals surface area contributed by atoms with Crippen LogP contribution in [0.1, 0.15) is 19.0 Å². The minimum Gasteiger partial charge on any atom is -0.497 e. The molecule has 0 unspecified atom stereocenters. The largest absolute Gasteiger partial charge is 0.497 e. The van der Waals surface area contributed by atoms with E-state index in [1.807, 2.05) is 34.7 Å². The van der Waals surface area contributed by atoms with Crippen LogP contribution in [-0.4, -0.2) is 24.2 Å². The maximum absolute atomic E-state index is 12.1. The average Bonchev–Trinajstić information content (AvgIpc) is 2.51. The van der Waals surface area contributed by atoms with Crippen LogP contribution >= 0.6 is 22.6 Å². The van der Waals surface area contributed by atoms with Crippen LogP contribution in [0.25, 0.3) is 11.4 Å². The van der Waals surface area contributed by atoms with Gasteiger partial charge in [-0.05, 0) is 41.1 Å². The maximum Gasteiger partial charge on any atom is 0.264 e. The van der Waals surface area contributed by atoms with Gasteiger partial charge in [0.25, 0.3) is 5.56 Å². The Kier molecular flexibility index (Phi) is 5.22. The molecule has 0 saturated carbocycles. The van der Waals surface area contributed by atoms with Crippen LogP contribution in [0.3, 0.4) is 0 Å². The molecule has 0 saturated heterocycles. The van der Waals surface area contributed by atoms with Crippen molar-refractivity contribution in [3.8, 4) is 22.9 Å². The monoisotopic (exact) mass is 400 g/mol. The molecule has 2 aromatic rings. The van der Waals surface area contributed by atoms with Crippen LogP contribution in [0.4, 0.5) is 0 Å². The van der Waals surface area contributed by atoms with E-state index in [2.05, 4.69) is 16.9 Å². The van der Waals surface area contributed by atoms with Gasteiger partial charge < -0.3 is 14.5 Å². The van der Waals surface area contributed by atoms with Crippen LogP contribution in [0.5, 0.6) is 11.5 Å². The van der Waals surface area contributed by atoms with Crippen LogP contribution in [0.15, 0.2) is 23.0 Å². The zero-order chi connectivity index (χ0) is 15.4. The number of halogens is 1. The number of hydrogen-bond acceptors (Lipinski definition) is 4. The molecule has 1 aromatic heterocycles. The molecule has 0 radical (unpaired) electrons. The molecule has 0 aliphatic heterocycles. The summed E-state index contributed by atoms with van der Waals surface area (Å²) >= 11 is 2.04. The quantitative estimate of drug-likeness (QED) is 0.784. The van der Waals surface area contributed by atoms with Crippen molar-refractivity contribution in [3.63, 3.8) is 0 Å². The number of hydrogen-bond donors (Lipinski definition) is 1. The first-order valence-corrected chi connectivity index (χ1v) is 7.69. The third-order valence-corrected chi connectivity index (χ3v) is 4.16. The van der Waals surface area contributed by atoms with E-state index in [0.29, 0.717) is 20.9 Å². The molecule has 1 heterocycles. The van der Waals surface area contributed by atoms with Crippen molar-refractivity contribution >= 4 is 22.6 Å². The number of rotatable bonds is 5. The molecule has 1 aromatic carbocycles. The highest BCUT2D eigenvalue weighted by Gasteiger charge is 2.11. The molecule has 0 aliphatic carbocycles. The van der Waals surface area contributed by atoms with Crippen molar-refractivity contribution in [1.29, 1.82) is 0 Å². The summed E-state index contributed by atoms with van der Waals surface area (Å²) < 4.78 is 11.1. The Hall–Kier alpha value is -1.57. The number of methoxy groups -OCH3 is 2. The van der Waals surface area contributed by atoms with Gasteiger partial charge in [-0.15, -0.1) is 0 Å². The van der Waals surface area contributed by atoms with Crippen molar-refractivity contribution < 1.29 is 9.47 Å². The van der Waals surface area contributed by atoms with Gasteiger partial charge in [0.2, 0.25) is 0 Å². The first-order chi connectivity index (χ1) is 10.1. The number of nitrogens with one attached hydrogen (secondary N) is 1. The molecule has 0 fully saturated rings. The fourth-order valence-electron chi connectivity index (χ4n) is 1.99. The molecule has 2 rings (SSSR count). The minimum atomic E-state index is -0.120. The van der Waals surface area contributed by atoms with Gasteiger partial charge in [-0.2, -0.15) is 0 Å². The zero-order valence-corrected chi connectivity index (χ0v) is 14.4. The molecule has 1 N–H and O–H groups in total. The molecule has 6 heteroatoms. The van der Waals surface area contributed by atoms with Crippen LogP contribution in [0.2, 0.25) is 0 Å². The van der Waals surface area contributed by atoms with Crippen molar-refractivity contribution in [1.82, 2.24) is 9.97 Å². The van der Waals surface area contributed by atoms with E-state index in [9.17, 15) is 4.79 Å². The number of aryl methyl sites for hydroxylation is 1. The SMILES string of the molecule is CCCc1nc(-c2cc(OC)cc(OC)c2)[nH]c(=O)c1I. The first-order valence-electron chi connectivity index (χ1n) is 6.61. The lowest BCUT2D eigenvalue weighted by Gasteiger charge is -2.09. The molecular weight excluding hydrogens is 383 g/mol. The number of H-pyrrole nitrogens is 1. The van der Waals surface area contributed by atoms with Gasteiger partial charge in [0.15, 0.2) is 0 Å². The second-order valence-electron chi connectivity index (χ2n) is 4.53. The van der Waals surface area contributed by atoms with Gasteiger partial charge in [0.05, 0.1) is 23.5 Å². The van der Waals surface area contributed by atoms with Gasteiger partial charge in [-0.3, -0.25) is 4.79 Å². The Morgan fingerprint density at radius 3 is 2.33 bits per heavy atom. The third-order valence-electron chi connectivity index (χ3n) is 3.04. The van der Waals surface area contributed by atoms with E-state index < -0.39 is 0 Å². The van der Waals surface area contributed by atoms with E-state index in [4.69, 9.17) is 9.47 Å². The predicted molar refractivity (Wildman–Crippen MR) is 90.1 cm³/mol. The molecule has 0 bridgehead atoms. The van der Waals surface area contributed by atoms with Gasteiger partial charge in [0, 0.05) is 11.6 Å². The van der Waals surface area contributed by atoms with E-state index >= 15 is 0 Å². The Labute approximate surface area is 136 Å². The van der Waals surface area contributed by atoms with Crippen molar-refractivity contribution in [2.24, 2.45) is 0 Å². The fraction of sp³-hybridized carbons (Fsp3) is 0.333. The van der Waals surface area contributed by atoms with Crippen LogP contribution in [-0.2, 0) is 6.42 Å². The van der Waals surface area contributed by atoms with E-state index in [1.165, 1.54) is 0 Å². The molecule has 21 heavy (non-hydrogen) atoms. The summed E-state index contributed by atoms with van der Waals surface area (Å²) in [5.41, 5.74) is 1.46. The number of nitrogens with zero attached hydrogens (tertiary/aromatic N) is 1. The molecule has 0 spiro atoms. The van der Waals surface area contributed by atoms with Crippen molar-refractivity contribution in [2.45, 2.75) is 19.8 Å². The summed E-state index contributed by atoms with van der Waals surface area (Å²) in [4.78, 5) is 19.4. The fourth-order valence-corrected chi connectivity index (χ4v) is 2.51. The molecule has 0 aliphatic rings. The van der Waals surface area contributed by atoms with Gasteiger partial charge in [0.1, 0.15) is 17.3 Å². The number of aromatic nitrogens is 2. The second-order valence-corrected chi connectivity index (χ2v) is 5.61. The summed E-state index contributed by atoms with van der Waals surface area (Å²) in [6.45, 7) is 2.06. The van der Waals surface area contributed by atoms with E-state index in [0.717, 1.165) is 24.1 Å². The third kappa shape index (κ3) is 3.55. The lowest BCUT2D eigenvalue weighted by atomic mass is 10.1. The highest BCUT2D eigenvalue weighted by Crippen LogP contribution is 2.27. The molecule has 112 valence electrons.